The topological polar surface area (TPSA) is 401 Å². The van der Waals surface area contributed by atoms with E-state index in [1.54, 1.807) is 0 Å². The lowest BCUT2D eigenvalue weighted by Crippen LogP contribution is -2.46. The Morgan fingerprint density at radius 3 is 2.38 bits per heavy atom. The van der Waals surface area contributed by atoms with Crippen molar-refractivity contribution >= 4 is 75.8 Å². The van der Waals surface area contributed by atoms with Crippen molar-refractivity contribution in [2.24, 2.45) is 5.41 Å². The molecule has 0 radical (unpaired) electrons. The lowest BCUT2D eigenvalue weighted by atomic mass is 9.87. The normalized spacial score (nSPS) is 21.7. The van der Waals surface area contributed by atoms with Crippen molar-refractivity contribution < 1.29 is 90.4 Å². The Labute approximate surface area is 314 Å². The van der Waals surface area contributed by atoms with Crippen LogP contribution in [0.1, 0.15) is 32.9 Å². The molecule has 2 unspecified atom stereocenters. The fraction of sp³-hybridized carbons (Fsp3) is 0.640. The van der Waals surface area contributed by atoms with Crippen LogP contribution in [0.3, 0.4) is 0 Å². The number of rotatable bonds is 23. The molecule has 1 aliphatic heterocycles. The molecule has 3 heterocycles. The van der Waals surface area contributed by atoms with Crippen molar-refractivity contribution in [3.8, 4) is 0 Å². The van der Waals surface area contributed by atoms with E-state index >= 15 is 0 Å². The summed E-state index contributed by atoms with van der Waals surface area (Å²) in [6, 6.07) is 0. The molecular weight excluding hydrogens is 827 g/mol. The molecule has 0 aromatic carbocycles. The second kappa shape index (κ2) is 19.5. The summed E-state index contributed by atoms with van der Waals surface area (Å²) in [6.45, 7) is 0.309. The van der Waals surface area contributed by atoms with Crippen LogP contribution in [0.25, 0.3) is 11.2 Å². The van der Waals surface area contributed by atoms with E-state index in [2.05, 4.69) is 34.4 Å². The number of nitrogens with zero attached hydrogens (tertiary/aromatic N) is 4. The van der Waals surface area contributed by atoms with Crippen LogP contribution in [-0.4, -0.2) is 140 Å². The number of phosphoric acid groups is 3. The summed E-state index contributed by atoms with van der Waals surface area (Å²) in [7, 11) is -16.4. The number of ether oxygens (including phenoxy) is 1. The van der Waals surface area contributed by atoms with Crippen LogP contribution >= 0.6 is 35.2 Å². The number of nitrogen functional groups attached to an aromatic ring is 1. The number of fused-ring (bicyclic) bond motifs is 1. The molecule has 3 rings (SSSR count). The van der Waals surface area contributed by atoms with Crippen LogP contribution < -0.4 is 16.4 Å². The number of Topliss-reactive ketones (excluding diaryl/α,β-unsaturated/α-hetero) is 1. The van der Waals surface area contributed by atoms with Crippen molar-refractivity contribution in [1.29, 1.82) is 0 Å². The van der Waals surface area contributed by atoms with Gasteiger partial charge in [-0.3, -0.25) is 37.3 Å². The van der Waals surface area contributed by atoms with Crippen molar-refractivity contribution in [3.05, 3.63) is 12.7 Å². The average Bonchev–Trinajstić information content (AvgIpc) is 3.62. The number of aromatic nitrogens is 4. The third-order valence-corrected chi connectivity index (χ3v) is 11.4. The minimum atomic E-state index is -5.58. The highest BCUT2D eigenvalue weighted by Gasteiger charge is 2.50. The van der Waals surface area contributed by atoms with Crippen molar-refractivity contribution in [2.75, 3.05) is 43.5 Å². The summed E-state index contributed by atoms with van der Waals surface area (Å²) in [6.07, 6.45) is -7.65. The number of carboxylic acid groups (broad SMARTS) is 1. The number of aliphatic carboxylic acids is 1. The number of amides is 2. The first-order valence-corrected chi connectivity index (χ1v) is 21.3. The van der Waals surface area contributed by atoms with Crippen LogP contribution in [0.4, 0.5) is 5.82 Å². The number of aliphatic hydroxyl groups excluding tert-OH is 2. The number of hydrogen-bond acceptors (Lipinski definition) is 19. The summed E-state index contributed by atoms with van der Waals surface area (Å²) < 4.78 is 61.9. The molecular formula is C25H40N7O19P3S. The smallest absolute Gasteiger partial charge is 0.481 e. The molecule has 1 fully saturated rings. The Morgan fingerprint density at radius 2 is 1.73 bits per heavy atom. The number of hydrogen-bond donors (Lipinski definition) is 10. The zero-order chi connectivity index (χ0) is 41.4. The number of carboxylic acids is 1. The summed E-state index contributed by atoms with van der Waals surface area (Å²) in [5, 5.41) is 34.7. The highest BCUT2D eigenvalue weighted by molar-refractivity contribution is 7.99. The molecule has 7 atom stereocenters. The molecule has 310 valence electrons. The predicted octanol–water partition coefficient (Wildman–Crippen LogP) is -1.82. The summed E-state index contributed by atoms with van der Waals surface area (Å²) in [5.41, 5.74) is 4.20. The summed E-state index contributed by atoms with van der Waals surface area (Å²) in [4.78, 5) is 97.1. The van der Waals surface area contributed by atoms with Gasteiger partial charge in [-0.25, -0.2) is 28.6 Å². The van der Waals surface area contributed by atoms with Gasteiger partial charge in [0.2, 0.25) is 11.8 Å². The molecule has 0 spiro atoms. The SMILES string of the molecule is CC(C)(COP(=O)(O)OP(=O)(O)OC[C@H]1O[C@@H](n2cnc3c(N)ncnc32)[C@H](O)[C@@H]1OP(=O)(O)O)[C@@H](O)C(=O)NCCC(=O)NCCSCC(=O)CC(=O)O. The van der Waals surface area contributed by atoms with Crippen molar-refractivity contribution in [3.63, 3.8) is 0 Å². The lowest BCUT2D eigenvalue weighted by Gasteiger charge is -2.30. The number of thioether (sulfide) groups is 1. The molecule has 55 heavy (non-hydrogen) atoms. The van der Waals surface area contributed by atoms with Crippen molar-refractivity contribution in [2.45, 2.75) is 57.3 Å². The number of anilines is 1. The molecule has 0 saturated carbocycles. The van der Waals surface area contributed by atoms with E-state index in [4.69, 9.17) is 24.6 Å². The number of carbonyl (C=O) groups is 4. The number of imidazole rings is 1. The number of phosphoric ester groups is 3. The van der Waals surface area contributed by atoms with Gasteiger partial charge in [-0.2, -0.15) is 16.1 Å². The number of carbonyl (C=O) groups excluding carboxylic acids is 3. The minimum Gasteiger partial charge on any atom is -0.481 e. The zero-order valence-corrected chi connectivity index (χ0v) is 32.3. The first-order chi connectivity index (χ1) is 25.4. The molecule has 2 aromatic rings. The van der Waals surface area contributed by atoms with Gasteiger partial charge < -0.3 is 56.0 Å². The fourth-order valence-corrected chi connectivity index (χ4v) is 8.16. The number of nitrogens with one attached hydrogen (secondary N) is 2. The Kier molecular flexibility index (Phi) is 16.4. The summed E-state index contributed by atoms with van der Waals surface area (Å²) in [5.74, 6) is -2.99. The molecule has 1 saturated heterocycles. The van der Waals surface area contributed by atoms with Gasteiger partial charge in [0.05, 0.1) is 25.3 Å². The number of nitrogens with two attached hydrogens (primary N) is 1. The Morgan fingerprint density at radius 1 is 1.05 bits per heavy atom. The number of ketones is 1. The van der Waals surface area contributed by atoms with E-state index in [0.29, 0.717) is 5.75 Å². The molecule has 1 aliphatic rings. The Balaban J connectivity index is 1.49. The van der Waals surface area contributed by atoms with Crippen LogP contribution in [0, 0.1) is 5.41 Å². The molecule has 0 bridgehead atoms. The standard InChI is InChI=1S/C25H40N7O19P3S/c1-25(2,20(38)23(39)28-4-3-15(34)27-5-6-55-9-13(33)7-16(35)36)10-48-54(45,46)51-53(43,44)47-8-14-19(50-52(40,41)42)18(37)24(49-14)32-12-31-17-21(26)29-11-30-22(17)32/h11-12,14,18-20,24,37-38H,3-10H2,1-2H3,(H,27,34)(H,28,39)(H,35,36)(H,43,44)(H,45,46)(H2,26,29,30)(H2,40,41,42)/t14-,18-,19-,20+,24-/m1/s1. The van der Waals surface area contributed by atoms with E-state index in [-0.39, 0.29) is 42.2 Å². The van der Waals surface area contributed by atoms with Gasteiger partial charge >= 0.3 is 29.4 Å². The summed E-state index contributed by atoms with van der Waals surface area (Å²) >= 11 is 1.12. The van der Waals surface area contributed by atoms with Crippen LogP contribution in [-0.2, 0) is 55.5 Å². The second-order valence-electron chi connectivity index (χ2n) is 12.2. The van der Waals surface area contributed by atoms with Gasteiger partial charge in [0.15, 0.2) is 23.5 Å². The highest BCUT2D eigenvalue weighted by Crippen LogP contribution is 2.61. The maximum Gasteiger partial charge on any atom is 0.481 e. The molecule has 30 heteroatoms. The minimum absolute atomic E-state index is 0.0204. The van der Waals surface area contributed by atoms with Gasteiger partial charge in [-0.05, 0) is 0 Å². The monoisotopic (exact) mass is 867 g/mol. The first-order valence-electron chi connectivity index (χ1n) is 15.6. The van der Waals surface area contributed by atoms with E-state index in [0.717, 1.165) is 29.0 Å². The average molecular weight is 868 g/mol. The Hall–Kier alpha value is -2.97. The van der Waals surface area contributed by atoms with E-state index in [1.807, 2.05) is 0 Å². The van der Waals surface area contributed by atoms with Crippen LogP contribution in [0.2, 0.25) is 0 Å². The third kappa shape index (κ3) is 14.5. The maximum atomic E-state index is 12.6. The third-order valence-electron chi connectivity index (χ3n) is 7.26. The van der Waals surface area contributed by atoms with Crippen LogP contribution in [0.5, 0.6) is 0 Å². The molecule has 0 aliphatic carbocycles. The molecule has 11 N–H and O–H groups in total. The second-order valence-corrected chi connectivity index (χ2v) is 17.6. The quantitative estimate of drug-likeness (QED) is 0.0334. The van der Waals surface area contributed by atoms with Gasteiger partial charge in [-0.15, -0.1) is 0 Å². The Bertz CT molecular complexity index is 1850. The first kappa shape index (κ1) is 46.4. The molecule has 2 amide bonds. The van der Waals surface area contributed by atoms with Gasteiger partial charge in [0.25, 0.3) is 0 Å². The lowest BCUT2D eigenvalue weighted by molar-refractivity contribution is -0.140. The van der Waals surface area contributed by atoms with Crippen molar-refractivity contribution in [1.82, 2.24) is 30.2 Å². The number of aliphatic hydroxyl groups is 2. The predicted molar refractivity (Wildman–Crippen MR) is 184 cm³/mol. The van der Waals surface area contributed by atoms with Gasteiger partial charge in [0.1, 0.15) is 42.7 Å². The van der Waals surface area contributed by atoms with E-state index in [9.17, 15) is 62.7 Å². The fourth-order valence-electron chi connectivity index (χ4n) is 4.61. The van der Waals surface area contributed by atoms with E-state index < -0.39 is 103 Å². The van der Waals surface area contributed by atoms with Gasteiger partial charge in [0, 0.05) is 30.7 Å². The largest absolute Gasteiger partial charge is 0.481 e. The highest BCUT2D eigenvalue weighted by atomic mass is 32.2. The van der Waals surface area contributed by atoms with E-state index in [1.165, 1.54) is 13.8 Å². The molecule has 2 aromatic heterocycles. The van der Waals surface area contributed by atoms with Crippen LogP contribution in [0.15, 0.2) is 12.7 Å². The molecule has 26 nitrogen and oxygen atoms in total. The van der Waals surface area contributed by atoms with Gasteiger partial charge in [-0.1, -0.05) is 13.8 Å². The maximum absolute atomic E-state index is 12.6. The zero-order valence-electron chi connectivity index (χ0n) is 28.8.